The maximum Gasteiger partial charge on any atom is 0.269 e. The van der Waals surface area contributed by atoms with Gasteiger partial charge in [0.15, 0.2) is 17.3 Å². The van der Waals surface area contributed by atoms with Gasteiger partial charge in [-0.05, 0) is 36.2 Å². The van der Waals surface area contributed by atoms with Gasteiger partial charge in [-0.15, -0.1) is 0 Å². The van der Waals surface area contributed by atoms with Crippen molar-refractivity contribution in [2.75, 3.05) is 4.90 Å². The number of aryl methyl sites for hydroxylation is 1. The van der Waals surface area contributed by atoms with E-state index < -0.39 is 28.3 Å². The Bertz CT molecular complexity index is 1770. The number of carbonyl (C=O) groups is 3. The lowest BCUT2D eigenvalue weighted by molar-refractivity contribution is -0.384. The van der Waals surface area contributed by atoms with Crippen molar-refractivity contribution in [2.45, 2.75) is 24.9 Å². The molecule has 0 aromatic heterocycles. The van der Waals surface area contributed by atoms with Crippen LogP contribution in [-0.2, 0) is 0 Å². The zero-order chi connectivity index (χ0) is 28.5. The fourth-order valence-corrected chi connectivity index (χ4v) is 6.98. The normalized spacial score (nSPS) is 21.5. The highest BCUT2D eigenvalue weighted by atomic mass is 16.6. The number of nitro groups is 1. The minimum Gasteiger partial charge on any atom is -0.352 e. The molecule has 1 spiro atoms. The van der Waals surface area contributed by atoms with Crippen LogP contribution in [0.2, 0.25) is 0 Å². The molecule has 7 heteroatoms. The Morgan fingerprint density at radius 1 is 0.829 bits per heavy atom. The van der Waals surface area contributed by atoms with E-state index in [9.17, 15) is 24.5 Å². The van der Waals surface area contributed by atoms with E-state index in [1.54, 1.807) is 24.3 Å². The summed E-state index contributed by atoms with van der Waals surface area (Å²) in [4.78, 5) is 56.6. The van der Waals surface area contributed by atoms with Crippen LogP contribution in [0.3, 0.4) is 0 Å². The summed E-state index contributed by atoms with van der Waals surface area (Å²) in [5.41, 5.74) is 2.65. The largest absolute Gasteiger partial charge is 0.352 e. The van der Waals surface area contributed by atoms with Crippen molar-refractivity contribution in [3.63, 3.8) is 0 Å². The molecule has 7 rings (SSSR count). The lowest BCUT2D eigenvalue weighted by atomic mass is 9.64. The number of fused-ring (bicyclic) bond motifs is 5. The number of non-ortho nitro benzene ring substituents is 1. The number of anilines is 1. The van der Waals surface area contributed by atoms with Crippen molar-refractivity contribution < 1.29 is 19.3 Å². The lowest BCUT2D eigenvalue weighted by Gasteiger charge is -2.37. The monoisotopic (exact) mass is 540 g/mol. The molecular formula is C34H24N2O5. The summed E-state index contributed by atoms with van der Waals surface area (Å²) in [7, 11) is 0. The van der Waals surface area contributed by atoms with E-state index in [-0.39, 0.29) is 28.6 Å². The third kappa shape index (κ3) is 3.35. The van der Waals surface area contributed by atoms with Crippen LogP contribution in [-0.4, -0.2) is 34.4 Å². The third-order valence-corrected chi connectivity index (χ3v) is 8.78. The molecular weight excluding hydrogens is 516 g/mol. The Kier molecular flexibility index (Phi) is 5.41. The third-order valence-electron chi connectivity index (χ3n) is 8.78. The van der Waals surface area contributed by atoms with E-state index >= 15 is 0 Å². The summed E-state index contributed by atoms with van der Waals surface area (Å²) in [6.45, 7) is 1.96. The fraction of sp³-hybridized carbons (Fsp3) is 0.147. The summed E-state index contributed by atoms with van der Waals surface area (Å²) in [5, 5.41) is 11.3. The predicted molar refractivity (Wildman–Crippen MR) is 154 cm³/mol. The molecule has 41 heavy (non-hydrogen) atoms. The van der Waals surface area contributed by atoms with Crippen molar-refractivity contribution >= 4 is 34.8 Å². The number of ketones is 3. The summed E-state index contributed by atoms with van der Waals surface area (Å²) >= 11 is 0. The van der Waals surface area contributed by atoms with Crippen molar-refractivity contribution in [1.29, 1.82) is 0 Å². The van der Waals surface area contributed by atoms with Gasteiger partial charge in [0.05, 0.1) is 11.0 Å². The molecule has 4 aromatic rings. The molecule has 0 radical (unpaired) electrons. The van der Waals surface area contributed by atoms with Gasteiger partial charge in [0, 0.05) is 40.4 Å². The SMILES string of the molecule is Cc1ccc([C@@H]2[C@H](C(=O)c3ccc([N+](=O)[O-])cc3)N3c4ccccc4C=C[C@@H]3C23C(=O)c2ccccc2C3=O)cc1. The van der Waals surface area contributed by atoms with E-state index in [1.165, 1.54) is 24.3 Å². The Labute approximate surface area is 235 Å². The zero-order valence-corrected chi connectivity index (χ0v) is 22.1. The van der Waals surface area contributed by atoms with Gasteiger partial charge in [0.2, 0.25) is 0 Å². The second-order valence-electron chi connectivity index (χ2n) is 10.8. The van der Waals surface area contributed by atoms with Crippen LogP contribution < -0.4 is 4.90 Å². The topological polar surface area (TPSA) is 97.6 Å². The van der Waals surface area contributed by atoms with Crippen molar-refractivity contribution in [2.24, 2.45) is 5.41 Å². The van der Waals surface area contributed by atoms with Gasteiger partial charge in [-0.1, -0.05) is 84.4 Å². The number of carbonyl (C=O) groups excluding carboxylic acids is 3. The highest BCUT2D eigenvalue weighted by Gasteiger charge is 2.71. The first-order valence-corrected chi connectivity index (χ1v) is 13.4. The molecule has 1 aliphatic carbocycles. The molecule has 0 bridgehead atoms. The maximum absolute atomic E-state index is 14.6. The van der Waals surface area contributed by atoms with Gasteiger partial charge < -0.3 is 4.90 Å². The second kappa shape index (κ2) is 8.93. The van der Waals surface area contributed by atoms with Crippen molar-refractivity contribution in [3.05, 3.63) is 147 Å². The number of para-hydroxylation sites is 1. The smallest absolute Gasteiger partial charge is 0.269 e. The molecule has 1 saturated heterocycles. The Morgan fingerprint density at radius 3 is 2.07 bits per heavy atom. The number of nitro benzene ring substituents is 1. The summed E-state index contributed by atoms with van der Waals surface area (Å²) in [6, 6.07) is 26.0. The summed E-state index contributed by atoms with van der Waals surface area (Å²) < 4.78 is 0. The molecule has 0 unspecified atom stereocenters. The van der Waals surface area contributed by atoms with Gasteiger partial charge in [-0.25, -0.2) is 0 Å². The van der Waals surface area contributed by atoms with Crippen LogP contribution in [0.1, 0.15) is 53.7 Å². The fourth-order valence-electron chi connectivity index (χ4n) is 6.98. The number of Topliss-reactive ketones (excluding diaryl/α,β-unsaturated/α-hetero) is 3. The first-order valence-electron chi connectivity index (χ1n) is 13.4. The minimum atomic E-state index is -1.58. The maximum atomic E-state index is 14.6. The molecule has 0 saturated carbocycles. The molecule has 0 N–H and O–H groups in total. The van der Waals surface area contributed by atoms with Crippen molar-refractivity contribution in [1.82, 2.24) is 0 Å². The first kappa shape index (κ1) is 24.8. The molecule has 1 fully saturated rings. The van der Waals surface area contributed by atoms with Crippen LogP contribution in [0, 0.1) is 22.5 Å². The zero-order valence-electron chi connectivity index (χ0n) is 22.1. The van der Waals surface area contributed by atoms with E-state index in [0.29, 0.717) is 16.7 Å². The van der Waals surface area contributed by atoms with E-state index in [4.69, 9.17) is 0 Å². The number of hydrogen-bond donors (Lipinski definition) is 0. The lowest BCUT2D eigenvalue weighted by Crippen LogP contribution is -2.48. The second-order valence-corrected chi connectivity index (χ2v) is 10.8. The Balaban J connectivity index is 1.52. The quantitative estimate of drug-likeness (QED) is 0.132. The standard InChI is InChI=1S/C34H24N2O5/c1-20-10-12-22(13-11-20)29-30(31(37)23-14-17-24(18-15-23)36(40)41)35-27-9-5-2-6-21(27)16-19-28(35)34(29)32(38)25-7-3-4-8-26(25)33(34)39/h2-19,28-30H,1H3/t28-,29-,30-/m1/s1. The molecule has 7 nitrogen and oxygen atoms in total. The molecule has 0 amide bonds. The molecule has 2 heterocycles. The summed E-state index contributed by atoms with van der Waals surface area (Å²) in [5.74, 6) is -1.71. The molecule has 200 valence electrons. The average molecular weight is 541 g/mol. The summed E-state index contributed by atoms with van der Waals surface area (Å²) in [6.07, 6.45) is 3.81. The highest BCUT2D eigenvalue weighted by molar-refractivity contribution is 6.32. The number of benzene rings is 4. The van der Waals surface area contributed by atoms with E-state index in [1.807, 2.05) is 72.5 Å². The van der Waals surface area contributed by atoms with Crippen LogP contribution in [0.4, 0.5) is 11.4 Å². The van der Waals surface area contributed by atoms with Gasteiger partial charge >= 0.3 is 0 Å². The average Bonchev–Trinajstić information content (AvgIpc) is 3.43. The van der Waals surface area contributed by atoms with Gasteiger partial charge in [0.25, 0.3) is 5.69 Å². The molecule has 4 aromatic carbocycles. The van der Waals surface area contributed by atoms with Gasteiger partial charge in [-0.2, -0.15) is 0 Å². The molecule has 3 aliphatic rings. The van der Waals surface area contributed by atoms with E-state index in [2.05, 4.69) is 0 Å². The van der Waals surface area contributed by atoms with E-state index in [0.717, 1.165) is 16.8 Å². The van der Waals surface area contributed by atoms with Crippen molar-refractivity contribution in [3.8, 4) is 0 Å². The number of rotatable bonds is 4. The van der Waals surface area contributed by atoms with Gasteiger partial charge in [0.1, 0.15) is 11.5 Å². The minimum absolute atomic E-state index is 0.125. The van der Waals surface area contributed by atoms with Crippen LogP contribution in [0.25, 0.3) is 6.08 Å². The number of nitrogens with zero attached hydrogens (tertiary/aromatic N) is 2. The highest BCUT2D eigenvalue weighted by Crippen LogP contribution is 2.60. The van der Waals surface area contributed by atoms with Gasteiger partial charge in [-0.3, -0.25) is 24.5 Å². The number of hydrogen-bond acceptors (Lipinski definition) is 6. The van der Waals surface area contributed by atoms with Crippen LogP contribution >= 0.6 is 0 Å². The Morgan fingerprint density at radius 2 is 1.44 bits per heavy atom. The van der Waals surface area contributed by atoms with Crippen LogP contribution in [0.15, 0.2) is 103 Å². The predicted octanol–water partition coefficient (Wildman–Crippen LogP) is 6.22. The van der Waals surface area contributed by atoms with Crippen LogP contribution in [0.5, 0.6) is 0 Å². The first-order chi connectivity index (χ1) is 19.8. The Hall–Kier alpha value is -5.17. The molecule has 3 atom stereocenters. The molecule has 2 aliphatic heterocycles.